The molecule has 0 spiro atoms. The molecule has 0 radical (unpaired) electrons. The number of H-pyrrole nitrogens is 1. The van der Waals surface area contributed by atoms with Crippen molar-refractivity contribution in [3.8, 4) is 5.75 Å². The number of carbonyl (C=O) groups is 6. The molecule has 464 valence electrons. The third kappa shape index (κ3) is 16.2. The number of nitrogens with two attached hydrogens (primary N) is 2. The number of amides is 6. The van der Waals surface area contributed by atoms with Crippen LogP contribution in [0.2, 0.25) is 0 Å². The number of aromatic hydroxyl groups is 1. The van der Waals surface area contributed by atoms with E-state index in [0.29, 0.717) is 105 Å². The normalized spacial score (nSPS) is 15.0. The molecule has 88 heavy (non-hydrogen) atoms. The van der Waals surface area contributed by atoms with Gasteiger partial charge in [-0.3, -0.25) is 24.1 Å². The third-order valence-corrected chi connectivity index (χ3v) is 14.3. The lowest BCUT2D eigenvalue weighted by Crippen LogP contribution is -2.45. The van der Waals surface area contributed by atoms with Gasteiger partial charge in [-0.25, -0.2) is 24.5 Å². The van der Waals surface area contributed by atoms with Gasteiger partial charge in [0.25, 0.3) is 17.7 Å². The van der Waals surface area contributed by atoms with E-state index in [1.807, 2.05) is 42.3 Å². The highest BCUT2D eigenvalue weighted by atomic mass is 16.6. The van der Waals surface area contributed by atoms with E-state index in [1.165, 1.54) is 0 Å². The molecule has 0 bridgehead atoms. The Morgan fingerprint density at radius 3 is 2.05 bits per heavy atom. The Labute approximate surface area is 507 Å². The van der Waals surface area contributed by atoms with Crippen LogP contribution in [0, 0.1) is 0 Å². The molecule has 0 aliphatic carbocycles. The van der Waals surface area contributed by atoms with Crippen molar-refractivity contribution >= 4 is 80.8 Å². The molecule has 4 aromatic carbocycles. The maximum atomic E-state index is 14.2. The number of ether oxygens (including phenoxy) is 6. The van der Waals surface area contributed by atoms with E-state index in [9.17, 15) is 33.9 Å². The zero-order valence-corrected chi connectivity index (χ0v) is 49.5. The Kier molecular flexibility index (Phi) is 21.1. The molecule has 2 aliphatic rings. The third-order valence-electron chi connectivity index (χ3n) is 14.3. The maximum absolute atomic E-state index is 14.2. The molecule has 2 aliphatic heterocycles. The number of nitrogen functional groups attached to an aromatic ring is 2. The summed E-state index contributed by atoms with van der Waals surface area (Å²) in [6.45, 7) is 9.13. The van der Waals surface area contributed by atoms with Gasteiger partial charge in [-0.05, 0) is 105 Å². The summed E-state index contributed by atoms with van der Waals surface area (Å²) in [7, 11) is 1.85. The van der Waals surface area contributed by atoms with E-state index in [1.54, 1.807) is 98.6 Å². The Bertz CT molecular complexity index is 3600. The van der Waals surface area contributed by atoms with Crippen molar-refractivity contribution in [3.63, 3.8) is 0 Å². The van der Waals surface area contributed by atoms with E-state index < -0.39 is 41.6 Å². The Morgan fingerprint density at radius 1 is 0.761 bits per heavy atom. The van der Waals surface area contributed by atoms with Crippen LogP contribution in [0.25, 0.3) is 22.1 Å². The van der Waals surface area contributed by atoms with Gasteiger partial charge >= 0.3 is 12.0 Å². The van der Waals surface area contributed by atoms with Crippen LogP contribution in [0.15, 0.2) is 103 Å². The zero-order valence-electron chi connectivity index (χ0n) is 49.5. The number of phenols is 1. The van der Waals surface area contributed by atoms with Crippen molar-refractivity contribution in [2.75, 3.05) is 107 Å². The van der Waals surface area contributed by atoms with Crippen LogP contribution >= 0.6 is 0 Å². The monoisotopic (exact) mass is 1210 g/mol. The number of urea groups is 1. The largest absolute Gasteiger partial charge is 0.508 e. The standard InChI is InChI=1S/C62H73N13O13/c1-62(2,3)88-59(81)48(70-57(79)39-12-16-42(17-13-39)73(4)37-41-36-67-55-52(68-41)54(63)71-60(64)72-55)20-21-50(77)65-22-24-83-26-28-85-30-32-87-33-31-86-29-27-84-25-23-66-56(78)38-14-18-43(19-15-38)74-58(80)49-35-46-45-10-5-6-11-47(45)69-51(46)53(75(49)61(74)82)40-8-7-9-44(76)34-40/h5-19,34,36,48-49,53,69,76H,20-33,35,37H2,1-4H3,(H,65,77)(H,66,78)(H,70,79)(H4,63,64,67,71,72)/t48-,49-,53+/m0/s1. The summed E-state index contributed by atoms with van der Waals surface area (Å²) in [6, 6.07) is 24.6. The number of anilines is 4. The Hall–Kier alpha value is -9.34. The maximum Gasteiger partial charge on any atom is 0.332 e. The molecule has 3 atom stereocenters. The fraction of sp³-hybridized carbons (Fsp3) is 0.387. The second-order valence-corrected chi connectivity index (χ2v) is 21.9. The van der Waals surface area contributed by atoms with Gasteiger partial charge in [-0.1, -0.05) is 30.3 Å². The van der Waals surface area contributed by atoms with Crippen molar-refractivity contribution in [3.05, 3.63) is 137 Å². The summed E-state index contributed by atoms with van der Waals surface area (Å²) in [5, 5.41) is 19.7. The number of phenolic OH excluding ortho intramolecular Hbond substituents is 1. The van der Waals surface area contributed by atoms with E-state index in [2.05, 4.69) is 40.9 Å². The number of hydrogen-bond acceptors (Lipinski definition) is 20. The molecule has 26 heteroatoms. The van der Waals surface area contributed by atoms with Crippen molar-refractivity contribution in [1.29, 1.82) is 0 Å². The first-order valence-electron chi connectivity index (χ1n) is 28.9. The number of rotatable bonds is 30. The summed E-state index contributed by atoms with van der Waals surface area (Å²) in [5.74, 6) is -2.02. The molecule has 3 aromatic heterocycles. The lowest BCUT2D eigenvalue weighted by atomic mass is 9.89. The summed E-state index contributed by atoms with van der Waals surface area (Å²) >= 11 is 0. The first kappa shape index (κ1) is 63.2. The highest BCUT2D eigenvalue weighted by Crippen LogP contribution is 2.45. The molecule has 0 saturated carbocycles. The van der Waals surface area contributed by atoms with Crippen LogP contribution in [0.5, 0.6) is 5.75 Å². The molecule has 5 heterocycles. The Morgan fingerprint density at radius 2 is 1.39 bits per heavy atom. The lowest BCUT2D eigenvalue weighted by Gasteiger charge is -2.36. The molecule has 26 nitrogen and oxygen atoms in total. The van der Waals surface area contributed by atoms with Gasteiger partial charge in [0.05, 0.1) is 90.2 Å². The summed E-state index contributed by atoms with van der Waals surface area (Å²) in [4.78, 5) is 106. The molecule has 9 rings (SSSR count). The van der Waals surface area contributed by atoms with Crippen molar-refractivity contribution in [2.45, 2.75) is 70.3 Å². The number of nitrogens with zero attached hydrogens (tertiary/aromatic N) is 7. The number of carbonyl (C=O) groups excluding carboxylic acids is 6. The average molecular weight is 1210 g/mol. The minimum atomic E-state index is -1.09. The molecule has 9 N–H and O–H groups in total. The van der Waals surface area contributed by atoms with Gasteiger partial charge in [-0.2, -0.15) is 9.97 Å². The van der Waals surface area contributed by atoms with Gasteiger partial charge in [0.1, 0.15) is 29.5 Å². The van der Waals surface area contributed by atoms with Crippen molar-refractivity contribution < 1.29 is 62.3 Å². The van der Waals surface area contributed by atoms with E-state index in [-0.39, 0.29) is 74.4 Å². The predicted molar refractivity (Wildman–Crippen MR) is 325 cm³/mol. The summed E-state index contributed by atoms with van der Waals surface area (Å²) < 4.78 is 33.4. The van der Waals surface area contributed by atoms with Crippen LogP contribution in [0.3, 0.4) is 0 Å². The van der Waals surface area contributed by atoms with Crippen molar-refractivity contribution in [2.24, 2.45) is 0 Å². The number of benzene rings is 4. The second kappa shape index (κ2) is 29.4. The number of imide groups is 1. The van der Waals surface area contributed by atoms with E-state index in [0.717, 1.165) is 32.7 Å². The average Bonchev–Trinajstić information content (AvgIpc) is 1.58. The summed E-state index contributed by atoms with van der Waals surface area (Å²) in [5.41, 5.74) is 17.1. The van der Waals surface area contributed by atoms with Crippen molar-refractivity contribution in [1.82, 2.24) is 45.8 Å². The smallest absolute Gasteiger partial charge is 0.332 e. The quantitative estimate of drug-likeness (QED) is 0.0182. The van der Waals surface area contributed by atoms with Gasteiger partial charge in [0.2, 0.25) is 11.9 Å². The number of aromatic nitrogens is 5. The van der Waals surface area contributed by atoms with Gasteiger partial charge in [0, 0.05) is 66.4 Å². The topological polar surface area (TPSA) is 343 Å². The van der Waals surface area contributed by atoms with Crippen LogP contribution in [0.1, 0.15) is 82.9 Å². The van der Waals surface area contributed by atoms with E-state index in [4.69, 9.17) is 39.9 Å². The molecule has 1 fully saturated rings. The molecular formula is C62H73N13O13. The molecule has 6 amide bonds. The number of nitrogens with one attached hydrogen (secondary N) is 4. The molecular weight excluding hydrogens is 1130 g/mol. The minimum Gasteiger partial charge on any atom is -0.508 e. The fourth-order valence-corrected chi connectivity index (χ4v) is 10.2. The van der Waals surface area contributed by atoms with E-state index >= 15 is 0 Å². The first-order chi connectivity index (χ1) is 42.4. The van der Waals surface area contributed by atoms with Gasteiger partial charge < -0.3 is 70.8 Å². The zero-order chi connectivity index (χ0) is 62.3. The van der Waals surface area contributed by atoms with Crippen LogP contribution in [0.4, 0.5) is 27.9 Å². The summed E-state index contributed by atoms with van der Waals surface area (Å²) in [6.07, 6.45) is 1.84. The number of para-hydroxylation sites is 1. The minimum absolute atomic E-state index is 0.00333. The predicted octanol–water partition coefficient (Wildman–Crippen LogP) is 4.74. The Balaban J connectivity index is 0.582. The number of aromatic amines is 1. The number of fused-ring (bicyclic) bond motifs is 5. The highest BCUT2D eigenvalue weighted by molar-refractivity contribution is 6.22. The van der Waals surface area contributed by atoms with Gasteiger partial charge in [-0.15, -0.1) is 0 Å². The molecule has 1 saturated heterocycles. The first-order valence-corrected chi connectivity index (χ1v) is 28.9. The fourth-order valence-electron chi connectivity index (χ4n) is 10.2. The van der Waals surface area contributed by atoms with Crippen LogP contribution in [-0.4, -0.2) is 174 Å². The molecule has 7 aromatic rings. The van der Waals surface area contributed by atoms with Gasteiger partial charge in [0.15, 0.2) is 17.0 Å². The highest BCUT2D eigenvalue weighted by Gasteiger charge is 2.53. The SMILES string of the molecule is CN(Cc1cnc2nc(N)nc(N)c2n1)c1ccc(C(=O)N[C@@H](CCC(=O)NCCOCCOCCOCCOCCOCCNC(=O)c2ccc(N3C(=O)[C@@H]4Cc5c([nH]c6ccccc56)[C@@H](c5cccc(O)c5)N4C3=O)cc2)C(=O)OC(C)(C)C)cc1. The molecule has 0 unspecified atom stereocenters. The number of hydrogen-bond donors (Lipinski definition) is 7. The number of esters is 1. The second-order valence-electron chi connectivity index (χ2n) is 21.9. The lowest BCUT2D eigenvalue weighted by molar-refractivity contribution is -0.157. The van der Waals surface area contributed by atoms with Crippen LogP contribution < -0.4 is 37.2 Å². The van der Waals surface area contributed by atoms with Crippen LogP contribution in [-0.2, 0) is 55.8 Å².